The van der Waals surface area contributed by atoms with Crippen LogP contribution in [-0.4, -0.2) is 28.2 Å². The van der Waals surface area contributed by atoms with Gasteiger partial charge in [0, 0.05) is 23.2 Å². The van der Waals surface area contributed by atoms with E-state index in [1.807, 2.05) is 12.3 Å². The molecule has 2 aromatic heterocycles. The minimum Gasteiger partial charge on any atom is -0.535 e. The van der Waals surface area contributed by atoms with Crippen molar-refractivity contribution in [1.82, 2.24) is 9.97 Å². The van der Waals surface area contributed by atoms with Crippen molar-refractivity contribution in [2.75, 3.05) is 0 Å². The van der Waals surface area contributed by atoms with Gasteiger partial charge in [0.15, 0.2) is 0 Å². The summed E-state index contributed by atoms with van der Waals surface area (Å²) in [6.45, 7) is 5.80. The van der Waals surface area contributed by atoms with Crippen LogP contribution in [0.5, 0.6) is 5.75 Å². The second-order valence-electron chi connectivity index (χ2n) is 5.41. The van der Waals surface area contributed by atoms with Crippen LogP contribution in [-0.2, 0) is 0 Å². The average molecular weight is 271 g/mol. The van der Waals surface area contributed by atoms with Crippen molar-refractivity contribution in [1.29, 1.82) is 0 Å². The van der Waals surface area contributed by atoms with Crippen LogP contribution in [0.4, 0.5) is 0 Å². The fourth-order valence-corrected chi connectivity index (χ4v) is 2.74. The average Bonchev–Trinajstić information content (AvgIpc) is 2.81. The third-order valence-corrected chi connectivity index (χ3v) is 3.84. The van der Waals surface area contributed by atoms with E-state index in [0.29, 0.717) is 11.7 Å². The van der Waals surface area contributed by atoms with Gasteiger partial charge in [0.1, 0.15) is 11.4 Å². The molecular formula is C14H18BN3O2. The number of pyridine rings is 1. The number of nitrogens with two attached hydrogens (primary N) is 1. The smallest absolute Gasteiger partial charge is 0.519 e. The highest BCUT2D eigenvalue weighted by molar-refractivity contribution is 6.41. The Kier molecular flexibility index (Phi) is 3.27. The van der Waals surface area contributed by atoms with E-state index < -0.39 is 7.12 Å². The van der Waals surface area contributed by atoms with Crippen LogP contribution in [0.15, 0.2) is 25.0 Å². The first-order valence-corrected chi connectivity index (χ1v) is 6.82. The monoisotopic (exact) mass is 271 g/mol. The van der Waals surface area contributed by atoms with Gasteiger partial charge >= 0.3 is 7.12 Å². The van der Waals surface area contributed by atoms with E-state index in [0.717, 1.165) is 35.0 Å². The van der Waals surface area contributed by atoms with E-state index in [1.54, 1.807) is 13.0 Å². The van der Waals surface area contributed by atoms with Gasteiger partial charge in [0.25, 0.3) is 0 Å². The number of nitrogens with one attached hydrogen (secondary N) is 1. The molecule has 5 nitrogen and oxygen atoms in total. The van der Waals surface area contributed by atoms with Crippen LogP contribution in [0.25, 0.3) is 16.6 Å². The number of fused-ring (bicyclic) bond motifs is 1. The van der Waals surface area contributed by atoms with Gasteiger partial charge in [0.05, 0.1) is 6.20 Å². The van der Waals surface area contributed by atoms with Gasteiger partial charge in [-0.1, -0.05) is 6.58 Å². The summed E-state index contributed by atoms with van der Waals surface area (Å²) >= 11 is 0. The van der Waals surface area contributed by atoms with Crippen molar-refractivity contribution in [2.45, 2.75) is 25.7 Å². The maximum absolute atomic E-state index is 9.48. The van der Waals surface area contributed by atoms with Gasteiger partial charge in [-0.3, -0.25) is 0 Å². The molecule has 0 saturated heterocycles. The number of hydrogen-bond acceptors (Lipinski definition) is 4. The van der Waals surface area contributed by atoms with Crippen molar-refractivity contribution < 1.29 is 9.68 Å². The molecule has 6 heteroatoms. The molecule has 1 fully saturated rings. The lowest BCUT2D eigenvalue weighted by Crippen LogP contribution is -2.36. The maximum Gasteiger partial charge on any atom is 0.519 e. The first-order valence-electron chi connectivity index (χ1n) is 6.82. The molecule has 2 aromatic rings. The van der Waals surface area contributed by atoms with E-state index >= 15 is 0 Å². The van der Waals surface area contributed by atoms with E-state index in [4.69, 9.17) is 10.4 Å². The van der Waals surface area contributed by atoms with Gasteiger partial charge in [-0.25, -0.2) is 4.98 Å². The van der Waals surface area contributed by atoms with Crippen LogP contribution in [0.3, 0.4) is 0 Å². The number of aromatic nitrogens is 2. The van der Waals surface area contributed by atoms with Gasteiger partial charge in [-0.05, 0) is 37.2 Å². The van der Waals surface area contributed by atoms with Gasteiger partial charge in [-0.2, -0.15) is 0 Å². The lowest BCUT2D eigenvalue weighted by atomic mass is 9.74. The van der Waals surface area contributed by atoms with E-state index in [2.05, 4.69) is 16.5 Å². The molecule has 1 aliphatic carbocycles. The predicted molar refractivity (Wildman–Crippen MR) is 80.3 cm³/mol. The summed E-state index contributed by atoms with van der Waals surface area (Å²) in [4.78, 5) is 7.38. The molecule has 0 aromatic carbocycles. The first-order chi connectivity index (χ1) is 9.56. The highest BCUT2D eigenvalue weighted by atomic mass is 16.5. The molecule has 0 unspecified atom stereocenters. The summed E-state index contributed by atoms with van der Waals surface area (Å²) in [6, 6.07) is 2.22. The summed E-state index contributed by atoms with van der Waals surface area (Å²) in [5, 5.41) is 10.4. The highest BCUT2D eigenvalue weighted by Crippen LogP contribution is 2.42. The largest absolute Gasteiger partial charge is 0.535 e. The molecular weight excluding hydrogens is 253 g/mol. The van der Waals surface area contributed by atoms with Crippen molar-refractivity contribution in [3.05, 3.63) is 30.6 Å². The van der Waals surface area contributed by atoms with Gasteiger partial charge < -0.3 is 20.4 Å². The Hall–Kier alpha value is -1.79. The van der Waals surface area contributed by atoms with Crippen LogP contribution < -0.4 is 10.4 Å². The summed E-state index contributed by atoms with van der Waals surface area (Å²) in [5.74, 6) is 0.944. The maximum atomic E-state index is 9.48. The Bertz CT molecular complexity index is 647. The zero-order chi connectivity index (χ0) is 14.3. The molecule has 1 aliphatic rings. The van der Waals surface area contributed by atoms with Crippen LogP contribution in [0.2, 0.25) is 6.82 Å². The van der Waals surface area contributed by atoms with Crippen LogP contribution in [0, 0.1) is 5.92 Å². The molecule has 0 bridgehead atoms. The third-order valence-electron chi connectivity index (χ3n) is 3.84. The molecule has 0 amide bonds. The third kappa shape index (κ3) is 2.21. The molecule has 4 N–H and O–H groups in total. The number of hydrogen-bond donors (Lipinski definition) is 3. The molecule has 0 radical (unpaired) electrons. The number of rotatable bonds is 4. The van der Waals surface area contributed by atoms with E-state index in [1.165, 1.54) is 0 Å². The normalized spacial score (nSPS) is 21.6. The number of nitrogens with zero attached hydrogens (tertiary/aromatic N) is 1. The molecule has 104 valence electrons. The van der Waals surface area contributed by atoms with Gasteiger partial charge in [-0.15, -0.1) is 0 Å². The zero-order valence-electron chi connectivity index (χ0n) is 11.5. The standard InChI is InChI=1S/C14H18BN3O2/c1-8(9-5-10(16)6-9)13-11-3-4-17-14(11)18-7-12(13)20-15(2)19/h3-4,7,9-10,19H,1,5-6,16H2,2H3,(H,17,18). The summed E-state index contributed by atoms with van der Waals surface area (Å²) < 4.78 is 5.48. The second kappa shape index (κ2) is 4.96. The zero-order valence-corrected chi connectivity index (χ0v) is 11.5. The number of aromatic amines is 1. The fraction of sp³-hybridized carbons (Fsp3) is 0.357. The highest BCUT2D eigenvalue weighted by Gasteiger charge is 2.31. The Morgan fingerprint density at radius 2 is 2.35 bits per heavy atom. The van der Waals surface area contributed by atoms with Crippen LogP contribution >= 0.6 is 0 Å². The molecule has 0 atom stereocenters. The van der Waals surface area contributed by atoms with E-state index in [9.17, 15) is 5.02 Å². The molecule has 0 aliphatic heterocycles. The molecule has 3 rings (SSSR count). The van der Waals surface area contributed by atoms with Crippen molar-refractivity contribution >= 4 is 23.7 Å². The molecule has 1 saturated carbocycles. The minimum absolute atomic E-state index is 0.265. The predicted octanol–water partition coefficient (Wildman–Crippen LogP) is 1.80. The van der Waals surface area contributed by atoms with Crippen LogP contribution in [0.1, 0.15) is 18.4 Å². The Morgan fingerprint density at radius 1 is 1.60 bits per heavy atom. The Labute approximate surface area is 118 Å². The fourth-order valence-electron chi connectivity index (χ4n) is 2.74. The Morgan fingerprint density at radius 3 is 3.00 bits per heavy atom. The SMILES string of the molecule is C=C(c1c(OB(C)O)cnc2[nH]ccc12)C1CC(N)C1. The lowest BCUT2D eigenvalue weighted by Gasteiger charge is -2.34. The molecule has 2 heterocycles. The summed E-state index contributed by atoms with van der Waals surface area (Å²) in [5.41, 5.74) is 8.59. The number of allylic oxidation sites excluding steroid dienone is 1. The molecule has 20 heavy (non-hydrogen) atoms. The Balaban J connectivity index is 2.04. The van der Waals surface area contributed by atoms with E-state index in [-0.39, 0.29) is 6.04 Å². The number of H-pyrrole nitrogens is 1. The van der Waals surface area contributed by atoms with Crippen molar-refractivity contribution in [3.8, 4) is 5.75 Å². The summed E-state index contributed by atoms with van der Waals surface area (Å²) in [7, 11) is -0.886. The first kappa shape index (κ1) is 13.2. The van der Waals surface area contributed by atoms with Crippen molar-refractivity contribution in [3.63, 3.8) is 0 Å². The second-order valence-corrected chi connectivity index (χ2v) is 5.41. The van der Waals surface area contributed by atoms with Gasteiger partial charge in [0.2, 0.25) is 0 Å². The van der Waals surface area contributed by atoms with Crippen molar-refractivity contribution in [2.24, 2.45) is 11.7 Å². The minimum atomic E-state index is -0.886. The molecule has 0 spiro atoms. The summed E-state index contributed by atoms with van der Waals surface area (Å²) in [6.07, 6.45) is 5.36. The lowest BCUT2D eigenvalue weighted by molar-refractivity contribution is 0.334. The topological polar surface area (TPSA) is 84.2 Å². The quantitative estimate of drug-likeness (QED) is 0.740.